The van der Waals surface area contributed by atoms with Crippen LogP contribution in [-0.4, -0.2) is 31.7 Å². The summed E-state index contributed by atoms with van der Waals surface area (Å²) in [5.74, 6) is -0.554. The molecule has 0 fully saturated rings. The molecule has 2 heterocycles. The number of benzene rings is 2. The van der Waals surface area contributed by atoms with Gasteiger partial charge in [0.05, 0.1) is 29.4 Å². The van der Waals surface area contributed by atoms with Gasteiger partial charge in [-0.1, -0.05) is 30.3 Å². The Bertz CT molecular complexity index is 1120. The molecule has 0 bridgehead atoms. The van der Waals surface area contributed by atoms with Crippen LogP contribution < -0.4 is 4.74 Å². The molecule has 0 N–H and O–H groups in total. The lowest BCUT2D eigenvalue weighted by atomic mass is 9.92. The van der Waals surface area contributed by atoms with Crippen molar-refractivity contribution in [3.05, 3.63) is 59.2 Å². The molecule has 0 saturated heterocycles. The molecule has 0 unspecified atom stereocenters. The summed E-state index contributed by atoms with van der Waals surface area (Å²) < 4.78 is 19.4. The fourth-order valence-electron chi connectivity index (χ4n) is 4.36. The van der Waals surface area contributed by atoms with Gasteiger partial charge in [0.1, 0.15) is 5.75 Å². The van der Waals surface area contributed by atoms with E-state index in [1.54, 1.807) is 27.4 Å². The summed E-state index contributed by atoms with van der Waals surface area (Å²) in [5.41, 5.74) is 5.06. The average molecular weight is 347 g/mol. The van der Waals surface area contributed by atoms with Gasteiger partial charge in [-0.2, -0.15) is 0 Å². The van der Waals surface area contributed by atoms with Crippen LogP contribution in [0.2, 0.25) is 0 Å². The number of hydrogen-bond donors (Lipinski definition) is 0. The number of carbonyl (C=O) groups is 1. The van der Waals surface area contributed by atoms with Gasteiger partial charge in [0, 0.05) is 25.2 Å². The fourth-order valence-corrected chi connectivity index (χ4v) is 4.36. The Morgan fingerprint density at radius 1 is 0.962 bits per heavy atom. The summed E-state index contributed by atoms with van der Waals surface area (Å²) in [6.45, 7) is 0. The van der Waals surface area contributed by atoms with Crippen molar-refractivity contribution in [3.63, 3.8) is 0 Å². The van der Waals surface area contributed by atoms with Crippen molar-refractivity contribution >= 4 is 22.8 Å². The lowest BCUT2D eigenvalue weighted by molar-refractivity contribution is -0.229. The topological polar surface area (TPSA) is 49.7 Å². The van der Waals surface area contributed by atoms with Gasteiger partial charge in [-0.3, -0.25) is 9.36 Å². The van der Waals surface area contributed by atoms with Crippen LogP contribution >= 0.6 is 0 Å². The van der Waals surface area contributed by atoms with Crippen LogP contribution in [-0.2, 0) is 15.4 Å². The van der Waals surface area contributed by atoms with E-state index in [2.05, 4.69) is 0 Å². The zero-order chi connectivity index (χ0) is 18.1. The average Bonchev–Trinajstić information content (AvgIpc) is 3.18. The first-order valence-electron chi connectivity index (χ1n) is 8.36. The minimum atomic E-state index is -1.20. The molecule has 0 spiro atoms. The molecule has 1 aliphatic heterocycles. The summed E-state index contributed by atoms with van der Waals surface area (Å²) >= 11 is 0. The summed E-state index contributed by atoms with van der Waals surface area (Å²) in [5, 5.41) is 0.932. The van der Waals surface area contributed by atoms with Gasteiger partial charge in [0.25, 0.3) is 5.91 Å². The van der Waals surface area contributed by atoms with Gasteiger partial charge in [0.15, 0.2) is 5.78 Å². The molecule has 0 saturated carbocycles. The van der Waals surface area contributed by atoms with E-state index in [0.29, 0.717) is 11.3 Å². The van der Waals surface area contributed by atoms with Crippen molar-refractivity contribution in [2.45, 2.75) is 5.91 Å². The van der Waals surface area contributed by atoms with Gasteiger partial charge in [-0.05, 0) is 23.8 Å². The quantitative estimate of drug-likeness (QED) is 0.677. The maximum Gasteiger partial charge on any atom is 0.288 e. The smallest absolute Gasteiger partial charge is 0.288 e. The number of ether oxygens (including phenoxy) is 3. The SMILES string of the molecule is COc1cccc2c1C(OC)(OC)n1c-2c2c3c(cccc31)C=CC2=O. The number of fused-ring (bicyclic) bond motifs is 5. The molecule has 0 radical (unpaired) electrons. The highest BCUT2D eigenvalue weighted by Crippen LogP contribution is 2.54. The van der Waals surface area contributed by atoms with E-state index in [-0.39, 0.29) is 5.78 Å². The van der Waals surface area contributed by atoms with E-state index in [1.165, 1.54) is 0 Å². The largest absolute Gasteiger partial charge is 0.496 e. The predicted octanol–water partition coefficient (Wildman–Crippen LogP) is 3.79. The lowest BCUT2D eigenvalue weighted by Gasteiger charge is -2.31. The maximum absolute atomic E-state index is 12.8. The Labute approximate surface area is 150 Å². The summed E-state index contributed by atoms with van der Waals surface area (Å²) in [4.78, 5) is 12.8. The van der Waals surface area contributed by atoms with E-state index in [4.69, 9.17) is 14.2 Å². The number of methoxy groups -OCH3 is 3. The highest BCUT2D eigenvalue weighted by molar-refractivity contribution is 6.24. The van der Waals surface area contributed by atoms with Crippen LogP contribution in [0.3, 0.4) is 0 Å². The molecule has 5 rings (SSSR count). The predicted molar refractivity (Wildman–Crippen MR) is 98.4 cm³/mol. The van der Waals surface area contributed by atoms with Crippen LogP contribution in [0.1, 0.15) is 21.5 Å². The number of rotatable bonds is 3. The monoisotopic (exact) mass is 347 g/mol. The van der Waals surface area contributed by atoms with Gasteiger partial charge < -0.3 is 14.2 Å². The molecule has 26 heavy (non-hydrogen) atoms. The molecule has 5 heteroatoms. The Morgan fingerprint density at radius 2 is 1.73 bits per heavy atom. The third-order valence-electron chi connectivity index (χ3n) is 5.35. The van der Waals surface area contributed by atoms with Crippen molar-refractivity contribution in [3.8, 4) is 17.0 Å². The molecule has 0 amide bonds. The second kappa shape index (κ2) is 5.06. The third-order valence-corrected chi connectivity index (χ3v) is 5.35. The van der Waals surface area contributed by atoms with Crippen LogP contribution in [0.5, 0.6) is 5.75 Å². The third kappa shape index (κ3) is 1.55. The summed E-state index contributed by atoms with van der Waals surface area (Å²) in [7, 11) is 4.82. The number of nitrogens with zero attached hydrogens (tertiary/aromatic N) is 1. The van der Waals surface area contributed by atoms with Gasteiger partial charge in [0.2, 0.25) is 0 Å². The van der Waals surface area contributed by atoms with Crippen LogP contribution in [0, 0.1) is 0 Å². The number of hydrogen-bond acceptors (Lipinski definition) is 4. The minimum Gasteiger partial charge on any atom is -0.496 e. The molecule has 3 aromatic rings. The number of ketones is 1. The highest BCUT2D eigenvalue weighted by atomic mass is 16.7. The second-order valence-electron chi connectivity index (χ2n) is 6.37. The highest BCUT2D eigenvalue weighted by Gasteiger charge is 2.50. The summed E-state index contributed by atoms with van der Waals surface area (Å²) in [6, 6.07) is 11.7. The second-order valence-corrected chi connectivity index (χ2v) is 6.37. The first kappa shape index (κ1) is 15.4. The number of carbonyl (C=O) groups excluding carboxylic acids is 1. The Hall–Kier alpha value is -2.89. The van der Waals surface area contributed by atoms with E-state index in [0.717, 1.165) is 33.3 Å². The fraction of sp³-hybridized carbons (Fsp3) is 0.190. The lowest BCUT2D eigenvalue weighted by Crippen LogP contribution is -2.36. The van der Waals surface area contributed by atoms with Crippen LogP contribution in [0.15, 0.2) is 42.5 Å². The molecule has 5 nitrogen and oxygen atoms in total. The zero-order valence-electron chi connectivity index (χ0n) is 14.7. The van der Waals surface area contributed by atoms with Crippen LogP contribution in [0.4, 0.5) is 0 Å². The summed E-state index contributed by atoms with van der Waals surface area (Å²) in [6.07, 6.45) is 3.48. The maximum atomic E-state index is 12.8. The molecule has 2 aliphatic rings. The molecule has 1 aromatic heterocycles. The first-order valence-corrected chi connectivity index (χ1v) is 8.36. The van der Waals surface area contributed by atoms with E-state index in [1.807, 2.05) is 47.0 Å². The van der Waals surface area contributed by atoms with Crippen molar-refractivity contribution in [1.82, 2.24) is 4.57 Å². The number of allylic oxidation sites excluding steroid dienone is 1. The van der Waals surface area contributed by atoms with Crippen molar-refractivity contribution in [2.24, 2.45) is 0 Å². The Morgan fingerprint density at radius 3 is 2.46 bits per heavy atom. The molecule has 0 atom stereocenters. The van der Waals surface area contributed by atoms with Gasteiger partial charge in [-0.25, -0.2) is 0 Å². The minimum absolute atomic E-state index is 0.0146. The molecule has 1 aliphatic carbocycles. The Kier molecular flexibility index (Phi) is 2.99. The van der Waals surface area contributed by atoms with Gasteiger partial charge >= 0.3 is 0 Å². The molecule has 130 valence electrons. The molecular formula is C21H17NO4. The van der Waals surface area contributed by atoms with Crippen molar-refractivity contribution in [1.29, 1.82) is 0 Å². The van der Waals surface area contributed by atoms with E-state index >= 15 is 0 Å². The van der Waals surface area contributed by atoms with Crippen molar-refractivity contribution < 1.29 is 19.0 Å². The normalized spacial score (nSPS) is 16.0. The van der Waals surface area contributed by atoms with Crippen molar-refractivity contribution in [2.75, 3.05) is 21.3 Å². The molecular weight excluding hydrogens is 330 g/mol. The van der Waals surface area contributed by atoms with Crippen LogP contribution in [0.25, 0.3) is 28.2 Å². The van der Waals surface area contributed by atoms with Gasteiger partial charge in [-0.15, -0.1) is 0 Å². The standard InChI is InChI=1S/C21H17NO4/c1-24-16-9-5-7-13-19(16)21(25-2,26-3)22-14-8-4-6-12-10-11-15(23)18(17(12)14)20(13)22/h4-11H,1-3H3. The number of aromatic nitrogens is 1. The Balaban J connectivity index is 2.04. The first-order chi connectivity index (χ1) is 12.7. The van der Waals surface area contributed by atoms with E-state index < -0.39 is 5.91 Å². The zero-order valence-corrected chi connectivity index (χ0v) is 14.7. The molecule has 2 aromatic carbocycles. The van der Waals surface area contributed by atoms with E-state index in [9.17, 15) is 4.79 Å².